The number of amides is 2. The van der Waals surface area contributed by atoms with Crippen molar-refractivity contribution < 1.29 is 9.59 Å². The molecule has 0 aromatic carbocycles. The number of piperazine rings is 2. The summed E-state index contributed by atoms with van der Waals surface area (Å²) in [6.45, 7) is 5.50. The summed E-state index contributed by atoms with van der Waals surface area (Å²) in [5.74, 6) is -0.167. The molecule has 0 spiro atoms. The van der Waals surface area contributed by atoms with Crippen LogP contribution in [0.4, 0.5) is 0 Å². The zero-order valence-electron chi connectivity index (χ0n) is 10.1. The molecule has 6 nitrogen and oxygen atoms in total. The van der Waals surface area contributed by atoms with Gasteiger partial charge in [0.15, 0.2) is 6.19 Å². The molecule has 6 heteroatoms. The van der Waals surface area contributed by atoms with Crippen molar-refractivity contribution in [2.45, 2.75) is 25.9 Å². The molecule has 17 heavy (non-hydrogen) atoms. The first kappa shape index (κ1) is 11.7. The van der Waals surface area contributed by atoms with Crippen molar-refractivity contribution in [3.8, 4) is 6.19 Å². The van der Waals surface area contributed by atoms with Crippen LogP contribution < -0.4 is 0 Å². The minimum absolute atomic E-state index is 0.0421. The SMILES string of the molecule is CC(C)N1CCN2C(=O)CN(C#N)C[C@@H]2C1=O. The van der Waals surface area contributed by atoms with Gasteiger partial charge >= 0.3 is 0 Å². The number of hydrogen-bond donors (Lipinski definition) is 0. The number of rotatable bonds is 1. The van der Waals surface area contributed by atoms with Crippen molar-refractivity contribution in [3.63, 3.8) is 0 Å². The first-order chi connectivity index (χ1) is 8.04. The highest BCUT2D eigenvalue weighted by molar-refractivity contribution is 5.91. The van der Waals surface area contributed by atoms with Crippen LogP contribution in [-0.4, -0.2) is 64.8 Å². The predicted octanol–water partition coefficient (Wildman–Crippen LogP) is -0.769. The van der Waals surface area contributed by atoms with E-state index in [0.717, 1.165) is 0 Å². The third kappa shape index (κ3) is 1.93. The molecule has 0 N–H and O–H groups in total. The van der Waals surface area contributed by atoms with Crippen LogP contribution in [0.5, 0.6) is 0 Å². The molecular formula is C11H16N4O2. The highest BCUT2D eigenvalue weighted by atomic mass is 16.2. The van der Waals surface area contributed by atoms with Gasteiger partial charge in [-0.25, -0.2) is 0 Å². The summed E-state index contributed by atoms with van der Waals surface area (Å²) in [6, 6.07) is -0.343. The minimum Gasteiger partial charge on any atom is -0.337 e. The van der Waals surface area contributed by atoms with Crippen molar-refractivity contribution in [2.24, 2.45) is 0 Å². The van der Waals surface area contributed by atoms with E-state index in [1.54, 1.807) is 9.80 Å². The van der Waals surface area contributed by atoms with Crippen molar-refractivity contribution in [1.29, 1.82) is 5.26 Å². The van der Waals surface area contributed by atoms with Crippen LogP contribution in [0, 0.1) is 11.5 Å². The van der Waals surface area contributed by atoms with E-state index in [4.69, 9.17) is 5.26 Å². The van der Waals surface area contributed by atoms with Gasteiger partial charge in [0.25, 0.3) is 0 Å². The van der Waals surface area contributed by atoms with E-state index in [9.17, 15) is 9.59 Å². The number of carbonyl (C=O) groups is 2. The second-order valence-electron chi connectivity index (χ2n) is 4.71. The Balaban J connectivity index is 2.19. The molecule has 0 radical (unpaired) electrons. The smallest absolute Gasteiger partial charge is 0.247 e. The second kappa shape index (κ2) is 4.24. The number of nitriles is 1. The van der Waals surface area contributed by atoms with Crippen LogP contribution in [-0.2, 0) is 9.59 Å². The maximum atomic E-state index is 12.2. The summed E-state index contributed by atoms with van der Waals surface area (Å²) >= 11 is 0. The van der Waals surface area contributed by atoms with Crippen LogP contribution in [0.2, 0.25) is 0 Å². The average Bonchev–Trinajstić information content (AvgIpc) is 2.29. The zero-order valence-corrected chi connectivity index (χ0v) is 10.1. The molecule has 92 valence electrons. The van der Waals surface area contributed by atoms with Crippen LogP contribution in [0.3, 0.4) is 0 Å². The molecule has 2 rings (SSSR count). The van der Waals surface area contributed by atoms with Crippen molar-refractivity contribution in [1.82, 2.24) is 14.7 Å². The molecule has 0 aromatic heterocycles. The van der Waals surface area contributed by atoms with E-state index < -0.39 is 6.04 Å². The number of carbonyl (C=O) groups excluding carboxylic acids is 2. The molecule has 2 aliphatic rings. The summed E-state index contributed by atoms with van der Waals surface area (Å²) < 4.78 is 0. The third-order valence-corrected chi connectivity index (χ3v) is 3.33. The maximum absolute atomic E-state index is 12.2. The van der Waals surface area contributed by atoms with E-state index in [1.807, 2.05) is 20.0 Å². The van der Waals surface area contributed by atoms with Gasteiger partial charge in [0, 0.05) is 19.1 Å². The van der Waals surface area contributed by atoms with Gasteiger partial charge in [-0.2, -0.15) is 5.26 Å². The summed E-state index contributed by atoms with van der Waals surface area (Å²) in [7, 11) is 0. The molecule has 2 heterocycles. The Kier molecular flexibility index (Phi) is 2.92. The largest absolute Gasteiger partial charge is 0.337 e. The molecule has 2 amide bonds. The molecule has 2 saturated heterocycles. The summed E-state index contributed by atoms with van der Waals surface area (Å²) in [5, 5.41) is 8.84. The second-order valence-corrected chi connectivity index (χ2v) is 4.71. The topological polar surface area (TPSA) is 67.7 Å². The van der Waals surface area contributed by atoms with E-state index in [-0.39, 0.29) is 24.4 Å². The van der Waals surface area contributed by atoms with E-state index in [0.29, 0.717) is 19.6 Å². The van der Waals surface area contributed by atoms with E-state index in [2.05, 4.69) is 0 Å². The Bertz CT molecular complexity index is 387. The summed E-state index contributed by atoms with van der Waals surface area (Å²) in [4.78, 5) is 28.7. The highest BCUT2D eigenvalue weighted by Gasteiger charge is 2.42. The van der Waals surface area contributed by atoms with Gasteiger partial charge in [-0.15, -0.1) is 0 Å². The fraction of sp³-hybridized carbons (Fsp3) is 0.727. The lowest BCUT2D eigenvalue weighted by molar-refractivity contribution is -0.157. The van der Waals surface area contributed by atoms with Crippen molar-refractivity contribution >= 4 is 11.8 Å². The lowest BCUT2D eigenvalue weighted by atomic mass is 10.1. The first-order valence-corrected chi connectivity index (χ1v) is 5.79. The number of hydrogen-bond acceptors (Lipinski definition) is 4. The molecule has 0 aromatic rings. The molecule has 0 aliphatic carbocycles. The fourth-order valence-corrected chi connectivity index (χ4v) is 2.40. The van der Waals surface area contributed by atoms with Crippen LogP contribution in [0.1, 0.15) is 13.8 Å². The summed E-state index contributed by atoms with van der Waals surface area (Å²) in [5.41, 5.74) is 0. The first-order valence-electron chi connectivity index (χ1n) is 5.79. The third-order valence-electron chi connectivity index (χ3n) is 3.33. The van der Waals surface area contributed by atoms with Crippen LogP contribution in [0.15, 0.2) is 0 Å². The van der Waals surface area contributed by atoms with Gasteiger partial charge < -0.3 is 9.80 Å². The van der Waals surface area contributed by atoms with E-state index in [1.165, 1.54) is 4.90 Å². The normalized spacial score (nSPS) is 25.1. The molecule has 2 fully saturated rings. The Morgan fingerprint density at radius 2 is 2.06 bits per heavy atom. The Morgan fingerprint density at radius 1 is 1.35 bits per heavy atom. The quantitative estimate of drug-likeness (QED) is 0.561. The van der Waals surface area contributed by atoms with Gasteiger partial charge in [0.05, 0.1) is 6.54 Å². The Labute approximate surface area is 100 Å². The molecule has 2 aliphatic heterocycles. The molecule has 0 bridgehead atoms. The number of fused-ring (bicyclic) bond motifs is 1. The summed E-state index contributed by atoms with van der Waals surface area (Å²) in [6.07, 6.45) is 1.95. The van der Waals surface area contributed by atoms with Gasteiger partial charge in [-0.1, -0.05) is 0 Å². The molecule has 0 unspecified atom stereocenters. The lowest BCUT2D eigenvalue weighted by Gasteiger charge is -2.46. The van der Waals surface area contributed by atoms with Gasteiger partial charge in [0.2, 0.25) is 11.8 Å². The van der Waals surface area contributed by atoms with Gasteiger partial charge in [-0.3, -0.25) is 14.5 Å². The van der Waals surface area contributed by atoms with Crippen molar-refractivity contribution in [2.75, 3.05) is 26.2 Å². The predicted molar refractivity (Wildman–Crippen MR) is 59.5 cm³/mol. The molecule has 0 saturated carbocycles. The Hall–Kier alpha value is -1.77. The molecular weight excluding hydrogens is 220 g/mol. The van der Waals surface area contributed by atoms with Gasteiger partial charge in [-0.05, 0) is 13.8 Å². The minimum atomic E-state index is -0.480. The number of nitrogens with zero attached hydrogens (tertiary/aromatic N) is 4. The monoisotopic (exact) mass is 236 g/mol. The van der Waals surface area contributed by atoms with Crippen molar-refractivity contribution in [3.05, 3.63) is 0 Å². The maximum Gasteiger partial charge on any atom is 0.247 e. The molecule has 1 atom stereocenters. The van der Waals surface area contributed by atoms with E-state index >= 15 is 0 Å². The van der Waals surface area contributed by atoms with Gasteiger partial charge in [0.1, 0.15) is 12.6 Å². The fourth-order valence-electron chi connectivity index (χ4n) is 2.40. The van der Waals surface area contributed by atoms with Crippen LogP contribution in [0.25, 0.3) is 0 Å². The highest BCUT2D eigenvalue weighted by Crippen LogP contribution is 2.19. The lowest BCUT2D eigenvalue weighted by Crippen LogP contribution is -2.66. The Morgan fingerprint density at radius 3 is 2.65 bits per heavy atom. The standard InChI is InChI=1S/C11H16N4O2/c1-8(2)14-3-4-15-9(11(14)17)5-13(7-12)6-10(15)16/h8-9H,3-6H2,1-2H3/t9-/m1/s1. The van der Waals surface area contributed by atoms with Crippen LogP contribution >= 0.6 is 0 Å². The average molecular weight is 236 g/mol. The zero-order chi connectivity index (χ0) is 12.6.